The minimum absolute atomic E-state index is 0.0130. The van der Waals surface area contributed by atoms with Crippen molar-refractivity contribution in [1.82, 2.24) is 0 Å². The topological polar surface area (TPSA) is 83.8 Å². The highest BCUT2D eigenvalue weighted by Gasteiger charge is 2.18. The average Bonchev–Trinajstić information content (AvgIpc) is 2.72. The maximum absolute atomic E-state index is 11.8. The summed E-state index contributed by atoms with van der Waals surface area (Å²) in [5, 5.41) is 9.55. The molecule has 0 heterocycles. The van der Waals surface area contributed by atoms with Gasteiger partial charge in [0.25, 0.3) is 10.1 Å². The van der Waals surface area contributed by atoms with Crippen LogP contribution in [0.3, 0.4) is 0 Å². The molecule has 31 heavy (non-hydrogen) atoms. The highest BCUT2D eigenvalue weighted by Crippen LogP contribution is 2.31. The van der Waals surface area contributed by atoms with Crippen molar-refractivity contribution in [3.05, 3.63) is 48.0 Å². The molecule has 6 heteroatoms. The Morgan fingerprint density at radius 2 is 1.42 bits per heavy atom. The van der Waals surface area contributed by atoms with Crippen LogP contribution in [0, 0.1) is 0 Å². The van der Waals surface area contributed by atoms with E-state index >= 15 is 0 Å². The maximum atomic E-state index is 11.8. The summed E-state index contributed by atoms with van der Waals surface area (Å²) in [5.74, 6) is 0.345. The monoisotopic (exact) mass is 448 g/mol. The molecule has 0 spiro atoms. The SMILES string of the molecule is CCCCCCCCCCCCCc1ccc(Oc2cccc(O)c2)c(S(=O)(=O)O)c1. The fourth-order valence-electron chi connectivity index (χ4n) is 3.66. The zero-order valence-electron chi connectivity index (χ0n) is 18.6. The predicted octanol–water partition coefficient (Wildman–Crippen LogP) is 7.28. The van der Waals surface area contributed by atoms with Gasteiger partial charge in [0.05, 0.1) is 0 Å². The number of phenolic OH excluding ortho intramolecular Hbond substituents is 1. The summed E-state index contributed by atoms with van der Waals surface area (Å²) in [6.45, 7) is 2.24. The fraction of sp³-hybridized carbons (Fsp3) is 0.520. The molecule has 172 valence electrons. The van der Waals surface area contributed by atoms with Crippen LogP contribution in [-0.2, 0) is 16.5 Å². The molecule has 0 amide bonds. The van der Waals surface area contributed by atoms with Gasteiger partial charge in [-0.25, -0.2) is 0 Å². The molecule has 2 N–H and O–H groups in total. The van der Waals surface area contributed by atoms with E-state index in [0.29, 0.717) is 5.75 Å². The van der Waals surface area contributed by atoms with Gasteiger partial charge in [-0.2, -0.15) is 8.42 Å². The third-order valence-corrected chi connectivity index (χ3v) is 6.28. The highest BCUT2D eigenvalue weighted by atomic mass is 32.2. The van der Waals surface area contributed by atoms with Gasteiger partial charge in [0.1, 0.15) is 22.1 Å². The minimum Gasteiger partial charge on any atom is -0.508 e. The van der Waals surface area contributed by atoms with Crippen molar-refractivity contribution in [3.8, 4) is 17.2 Å². The van der Waals surface area contributed by atoms with Crippen LogP contribution in [-0.4, -0.2) is 18.1 Å². The molecule has 0 aliphatic heterocycles. The van der Waals surface area contributed by atoms with Crippen LogP contribution in [0.25, 0.3) is 0 Å². The van der Waals surface area contributed by atoms with Gasteiger partial charge in [0.15, 0.2) is 0 Å². The van der Waals surface area contributed by atoms with Gasteiger partial charge in [-0.1, -0.05) is 83.3 Å². The standard InChI is InChI=1S/C25H36O5S/c1-2-3-4-5-6-7-8-9-10-11-12-14-21-17-18-24(25(19-21)31(27,28)29)30-23-16-13-15-22(26)20-23/h13,15-20,26H,2-12,14H2,1H3,(H,27,28,29). The Labute approximate surface area is 187 Å². The van der Waals surface area contributed by atoms with E-state index in [0.717, 1.165) is 24.8 Å². The molecular weight excluding hydrogens is 412 g/mol. The van der Waals surface area contributed by atoms with E-state index in [1.54, 1.807) is 18.2 Å². The van der Waals surface area contributed by atoms with Crippen LogP contribution in [0.1, 0.15) is 83.1 Å². The van der Waals surface area contributed by atoms with Gasteiger partial charge in [-0.15, -0.1) is 0 Å². The van der Waals surface area contributed by atoms with Crippen molar-refractivity contribution in [2.24, 2.45) is 0 Å². The number of unbranched alkanes of at least 4 members (excludes halogenated alkanes) is 10. The Bertz CT molecular complexity index is 893. The van der Waals surface area contributed by atoms with Gasteiger partial charge in [-0.05, 0) is 42.7 Å². The first-order chi connectivity index (χ1) is 14.9. The van der Waals surface area contributed by atoms with Gasteiger partial charge in [0, 0.05) is 6.07 Å². The van der Waals surface area contributed by atoms with Crippen LogP contribution < -0.4 is 4.74 Å². The summed E-state index contributed by atoms with van der Waals surface area (Å²) in [6, 6.07) is 10.9. The molecule has 2 aromatic rings. The molecule has 0 saturated carbocycles. The van der Waals surface area contributed by atoms with E-state index < -0.39 is 10.1 Å². The Morgan fingerprint density at radius 3 is 2.00 bits per heavy atom. The molecule has 0 aromatic heterocycles. The number of aryl methyl sites for hydroxylation is 1. The van der Waals surface area contributed by atoms with Crippen molar-refractivity contribution in [2.75, 3.05) is 0 Å². The number of hydrogen-bond donors (Lipinski definition) is 2. The summed E-state index contributed by atoms with van der Waals surface area (Å²) in [7, 11) is -4.43. The lowest BCUT2D eigenvalue weighted by atomic mass is 10.0. The summed E-state index contributed by atoms with van der Waals surface area (Å²) in [5.41, 5.74) is 0.854. The molecule has 0 radical (unpaired) electrons. The number of hydrogen-bond acceptors (Lipinski definition) is 4. The second kappa shape index (κ2) is 13.4. The molecule has 0 fully saturated rings. The average molecular weight is 449 g/mol. The molecule has 2 aromatic carbocycles. The smallest absolute Gasteiger partial charge is 0.298 e. The Hall–Kier alpha value is -2.05. The van der Waals surface area contributed by atoms with E-state index in [1.165, 1.54) is 76.0 Å². The highest BCUT2D eigenvalue weighted by molar-refractivity contribution is 7.86. The fourth-order valence-corrected chi connectivity index (χ4v) is 4.33. The van der Waals surface area contributed by atoms with Gasteiger partial charge >= 0.3 is 0 Å². The van der Waals surface area contributed by atoms with Crippen molar-refractivity contribution in [2.45, 2.75) is 88.9 Å². The number of benzene rings is 2. The number of rotatable bonds is 15. The maximum Gasteiger partial charge on any atom is 0.298 e. The van der Waals surface area contributed by atoms with Crippen molar-refractivity contribution >= 4 is 10.1 Å². The molecule has 0 atom stereocenters. The van der Waals surface area contributed by atoms with E-state index in [4.69, 9.17) is 4.74 Å². The first-order valence-electron chi connectivity index (χ1n) is 11.5. The molecule has 5 nitrogen and oxygen atoms in total. The first kappa shape index (κ1) is 25.2. The van der Waals surface area contributed by atoms with E-state index in [2.05, 4.69) is 6.92 Å². The van der Waals surface area contributed by atoms with Gasteiger partial charge in [-0.3, -0.25) is 4.55 Å². The van der Waals surface area contributed by atoms with Crippen LogP contribution in [0.4, 0.5) is 0 Å². The quantitative estimate of drug-likeness (QED) is 0.221. The second-order valence-electron chi connectivity index (χ2n) is 8.14. The minimum atomic E-state index is -4.43. The van der Waals surface area contributed by atoms with Crippen molar-refractivity contribution in [1.29, 1.82) is 0 Å². The van der Waals surface area contributed by atoms with E-state index in [1.807, 2.05) is 6.07 Å². The van der Waals surface area contributed by atoms with Crippen LogP contribution in [0.2, 0.25) is 0 Å². The first-order valence-corrected chi connectivity index (χ1v) is 12.9. The normalized spacial score (nSPS) is 11.5. The van der Waals surface area contributed by atoms with Crippen LogP contribution >= 0.6 is 0 Å². The summed E-state index contributed by atoms with van der Waals surface area (Å²) < 4.78 is 38.9. The lowest BCUT2D eigenvalue weighted by Crippen LogP contribution is -2.02. The molecule has 2 rings (SSSR count). The number of aromatic hydroxyl groups is 1. The summed E-state index contributed by atoms with van der Waals surface area (Å²) >= 11 is 0. The van der Waals surface area contributed by atoms with Gasteiger partial charge < -0.3 is 9.84 Å². The predicted molar refractivity (Wildman–Crippen MR) is 125 cm³/mol. The largest absolute Gasteiger partial charge is 0.508 e. The van der Waals surface area contributed by atoms with Gasteiger partial charge in [0.2, 0.25) is 0 Å². The molecular formula is C25H36O5S. The number of ether oxygens (including phenoxy) is 1. The summed E-state index contributed by atoms with van der Waals surface area (Å²) in [4.78, 5) is -0.253. The third-order valence-electron chi connectivity index (χ3n) is 5.40. The lowest BCUT2D eigenvalue weighted by molar-refractivity contribution is 0.440. The number of phenols is 1. The summed E-state index contributed by atoms with van der Waals surface area (Å²) in [6.07, 6.45) is 14.6. The Kier molecular flexibility index (Phi) is 10.9. The Morgan fingerprint density at radius 1 is 0.806 bits per heavy atom. The Balaban J connectivity index is 1.79. The lowest BCUT2D eigenvalue weighted by Gasteiger charge is -2.11. The molecule has 0 bridgehead atoms. The molecule has 0 saturated heterocycles. The molecule has 0 aliphatic rings. The van der Waals surface area contributed by atoms with Crippen LogP contribution in [0.15, 0.2) is 47.4 Å². The third kappa shape index (κ3) is 9.74. The zero-order valence-corrected chi connectivity index (χ0v) is 19.4. The zero-order chi connectivity index (χ0) is 22.5. The van der Waals surface area contributed by atoms with Crippen molar-refractivity contribution < 1.29 is 22.8 Å². The van der Waals surface area contributed by atoms with Crippen LogP contribution in [0.5, 0.6) is 17.2 Å². The van der Waals surface area contributed by atoms with E-state index in [-0.39, 0.29) is 16.4 Å². The van der Waals surface area contributed by atoms with Crippen molar-refractivity contribution in [3.63, 3.8) is 0 Å². The second-order valence-corrected chi connectivity index (χ2v) is 9.53. The molecule has 0 unspecified atom stereocenters. The molecule has 0 aliphatic carbocycles. The van der Waals surface area contributed by atoms with E-state index in [9.17, 15) is 18.1 Å².